The quantitative estimate of drug-likeness (QED) is 0.611. The van der Waals surface area contributed by atoms with Crippen LogP contribution in [-0.4, -0.2) is 29.0 Å². The van der Waals surface area contributed by atoms with Gasteiger partial charge in [-0.1, -0.05) is 24.3 Å². The minimum atomic E-state index is -0.0119. The molecule has 1 heterocycles. The molecule has 0 aliphatic carbocycles. The van der Waals surface area contributed by atoms with Crippen LogP contribution in [0.25, 0.3) is 0 Å². The van der Waals surface area contributed by atoms with Crippen LogP contribution < -0.4 is 9.64 Å². The number of carbonyl (C=O) groups is 1. The first-order valence-electron chi connectivity index (χ1n) is 7.66. The van der Waals surface area contributed by atoms with Crippen LogP contribution in [0.4, 0.5) is 5.69 Å². The number of aryl methyl sites for hydroxylation is 1. The molecule has 0 saturated carbocycles. The molecule has 0 bridgehead atoms. The summed E-state index contributed by atoms with van der Waals surface area (Å²) < 4.78 is 5.89. The predicted molar refractivity (Wildman–Crippen MR) is 99.5 cm³/mol. The van der Waals surface area contributed by atoms with Crippen molar-refractivity contribution in [1.29, 1.82) is 0 Å². The fourth-order valence-corrected chi connectivity index (χ4v) is 2.93. The highest BCUT2D eigenvalue weighted by molar-refractivity contribution is 7.80. The SMILES string of the molecule is C=CCN1C(=O)CN(c2ccc(Oc3ccccc3)c(C)c2)C1=S. The summed E-state index contributed by atoms with van der Waals surface area (Å²) in [6, 6.07) is 15.4. The summed E-state index contributed by atoms with van der Waals surface area (Å²) in [6.45, 7) is 6.33. The van der Waals surface area contributed by atoms with E-state index in [0.717, 1.165) is 22.7 Å². The van der Waals surface area contributed by atoms with Gasteiger partial charge in [-0.2, -0.15) is 0 Å². The number of ether oxygens (including phenoxy) is 1. The maximum Gasteiger partial charge on any atom is 0.249 e. The van der Waals surface area contributed by atoms with Gasteiger partial charge in [0.05, 0.1) is 0 Å². The van der Waals surface area contributed by atoms with Crippen LogP contribution in [0.5, 0.6) is 11.5 Å². The molecule has 4 nitrogen and oxygen atoms in total. The van der Waals surface area contributed by atoms with Crippen LogP contribution in [0, 0.1) is 6.92 Å². The monoisotopic (exact) mass is 338 g/mol. The van der Waals surface area contributed by atoms with Gasteiger partial charge in [0.15, 0.2) is 5.11 Å². The number of para-hydroxylation sites is 1. The smallest absolute Gasteiger partial charge is 0.249 e. The first-order chi connectivity index (χ1) is 11.6. The topological polar surface area (TPSA) is 32.8 Å². The molecule has 24 heavy (non-hydrogen) atoms. The maximum atomic E-state index is 12.1. The minimum absolute atomic E-state index is 0.0119. The molecule has 3 rings (SSSR count). The molecule has 1 aliphatic heterocycles. The van der Waals surface area contributed by atoms with E-state index in [2.05, 4.69) is 6.58 Å². The van der Waals surface area contributed by atoms with Gasteiger partial charge in [-0.15, -0.1) is 6.58 Å². The van der Waals surface area contributed by atoms with Crippen molar-refractivity contribution in [3.05, 3.63) is 66.7 Å². The third-order valence-electron chi connectivity index (χ3n) is 3.81. The largest absolute Gasteiger partial charge is 0.457 e. The minimum Gasteiger partial charge on any atom is -0.457 e. The van der Waals surface area contributed by atoms with E-state index in [4.69, 9.17) is 17.0 Å². The number of anilines is 1. The van der Waals surface area contributed by atoms with Crippen molar-refractivity contribution >= 4 is 28.9 Å². The highest BCUT2D eigenvalue weighted by Crippen LogP contribution is 2.30. The van der Waals surface area contributed by atoms with Gasteiger partial charge < -0.3 is 9.64 Å². The van der Waals surface area contributed by atoms with Crippen LogP contribution >= 0.6 is 12.2 Å². The van der Waals surface area contributed by atoms with Gasteiger partial charge in [0, 0.05) is 12.2 Å². The number of hydrogen-bond donors (Lipinski definition) is 0. The Labute approximate surface area is 147 Å². The lowest BCUT2D eigenvalue weighted by Gasteiger charge is -2.20. The molecule has 0 aromatic heterocycles. The second-order valence-electron chi connectivity index (χ2n) is 5.53. The summed E-state index contributed by atoms with van der Waals surface area (Å²) in [5.74, 6) is 1.56. The number of amides is 1. The molecule has 0 unspecified atom stereocenters. The molecule has 1 saturated heterocycles. The molecule has 0 atom stereocenters. The summed E-state index contributed by atoms with van der Waals surface area (Å²) in [6.07, 6.45) is 1.68. The predicted octanol–water partition coefficient (Wildman–Crippen LogP) is 3.91. The summed E-state index contributed by atoms with van der Waals surface area (Å²) in [7, 11) is 0. The van der Waals surface area contributed by atoms with Crippen LogP contribution in [0.15, 0.2) is 61.2 Å². The van der Waals surface area contributed by atoms with Crippen molar-refractivity contribution in [3.63, 3.8) is 0 Å². The lowest BCUT2D eigenvalue weighted by molar-refractivity contribution is -0.124. The van der Waals surface area contributed by atoms with Gasteiger partial charge in [-0.05, 0) is 55.0 Å². The van der Waals surface area contributed by atoms with Crippen LogP contribution in [0.3, 0.4) is 0 Å². The Morgan fingerprint density at radius 3 is 2.67 bits per heavy atom. The van der Waals surface area contributed by atoms with Gasteiger partial charge in [-0.25, -0.2) is 0 Å². The molecule has 1 amide bonds. The lowest BCUT2D eigenvalue weighted by atomic mass is 10.2. The average molecular weight is 338 g/mol. The normalized spacial score (nSPS) is 14.2. The Balaban J connectivity index is 1.81. The molecule has 0 N–H and O–H groups in total. The van der Waals surface area contributed by atoms with E-state index in [1.54, 1.807) is 11.0 Å². The van der Waals surface area contributed by atoms with E-state index in [9.17, 15) is 4.79 Å². The maximum absolute atomic E-state index is 12.1. The van der Waals surface area contributed by atoms with Gasteiger partial charge in [0.1, 0.15) is 18.0 Å². The fraction of sp³-hybridized carbons (Fsp3) is 0.158. The van der Waals surface area contributed by atoms with Crippen LogP contribution in [0.1, 0.15) is 5.56 Å². The van der Waals surface area contributed by atoms with Crippen molar-refractivity contribution in [1.82, 2.24) is 4.90 Å². The Morgan fingerprint density at radius 1 is 1.25 bits per heavy atom. The third kappa shape index (κ3) is 3.16. The summed E-state index contributed by atoms with van der Waals surface area (Å²) in [5, 5.41) is 0.510. The molecule has 1 aliphatic rings. The van der Waals surface area contributed by atoms with E-state index in [0.29, 0.717) is 11.7 Å². The molecule has 2 aromatic rings. The second-order valence-corrected chi connectivity index (χ2v) is 5.89. The van der Waals surface area contributed by atoms with Crippen molar-refractivity contribution < 1.29 is 9.53 Å². The van der Waals surface area contributed by atoms with E-state index >= 15 is 0 Å². The zero-order valence-corrected chi connectivity index (χ0v) is 14.3. The zero-order chi connectivity index (χ0) is 17.1. The van der Waals surface area contributed by atoms with Gasteiger partial charge >= 0.3 is 0 Å². The van der Waals surface area contributed by atoms with E-state index in [1.165, 1.54) is 0 Å². The fourth-order valence-electron chi connectivity index (χ4n) is 2.58. The van der Waals surface area contributed by atoms with Gasteiger partial charge in [0.25, 0.3) is 0 Å². The molecule has 1 fully saturated rings. The summed E-state index contributed by atoms with van der Waals surface area (Å²) in [4.78, 5) is 15.5. The standard InChI is InChI=1S/C19H18N2O2S/c1-3-11-20-18(22)13-21(19(20)24)15-9-10-17(14(2)12-15)23-16-7-5-4-6-8-16/h3-10,12H,1,11,13H2,2H3. The van der Waals surface area contributed by atoms with E-state index < -0.39 is 0 Å². The van der Waals surface area contributed by atoms with Crippen molar-refractivity contribution in [2.45, 2.75) is 6.92 Å². The number of benzene rings is 2. The van der Waals surface area contributed by atoms with Gasteiger partial charge in [-0.3, -0.25) is 9.69 Å². The Kier molecular flexibility index (Phi) is 4.62. The molecular weight excluding hydrogens is 320 g/mol. The lowest BCUT2D eigenvalue weighted by Crippen LogP contribution is -2.32. The van der Waals surface area contributed by atoms with Crippen molar-refractivity contribution in [2.24, 2.45) is 0 Å². The Bertz CT molecular complexity index is 789. The molecule has 0 radical (unpaired) electrons. The number of nitrogens with zero attached hydrogens (tertiary/aromatic N) is 2. The molecule has 122 valence electrons. The summed E-state index contributed by atoms with van der Waals surface area (Å²) in [5.41, 5.74) is 1.87. The third-order valence-corrected chi connectivity index (χ3v) is 4.25. The number of rotatable bonds is 5. The van der Waals surface area contributed by atoms with E-state index in [-0.39, 0.29) is 12.5 Å². The second kappa shape index (κ2) is 6.84. The van der Waals surface area contributed by atoms with E-state index in [1.807, 2.05) is 60.4 Å². The Hall–Kier alpha value is -2.66. The molecule has 2 aromatic carbocycles. The Morgan fingerprint density at radius 2 is 2.00 bits per heavy atom. The number of carbonyl (C=O) groups excluding carboxylic acids is 1. The van der Waals surface area contributed by atoms with Crippen LogP contribution in [-0.2, 0) is 4.79 Å². The highest BCUT2D eigenvalue weighted by atomic mass is 32.1. The highest BCUT2D eigenvalue weighted by Gasteiger charge is 2.32. The zero-order valence-electron chi connectivity index (χ0n) is 13.4. The molecule has 5 heteroatoms. The van der Waals surface area contributed by atoms with Gasteiger partial charge in [0.2, 0.25) is 5.91 Å². The number of thiocarbonyl (C=S) groups is 1. The first-order valence-corrected chi connectivity index (χ1v) is 8.07. The number of hydrogen-bond acceptors (Lipinski definition) is 3. The van der Waals surface area contributed by atoms with Crippen molar-refractivity contribution in [2.75, 3.05) is 18.0 Å². The average Bonchev–Trinajstić information content (AvgIpc) is 2.86. The molecular formula is C19H18N2O2S. The first kappa shape index (κ1) is 16.2. The summed E-state index contributed by atoms with van der Waals surface area (Å²) >= 11 is 5.42. The van der Waals surface area contributed by atoms with Crippen LogP contribution in [0.2, 0.25) is 0 Å². The molecule has 0 spiro atoms. The van der Waals surface area contributed by atoms with Crippen molar-refractivity contribution in [3.8, 4) is 11.5 Å².